The Hall–Kier alpha value is -5.37. The lowest BCUT2D eigenvalue weighted by Crippen LogP contribution is -2.34. The van der Waals surface area contributed by atoms with E-state index in [1.54, 1.807) is 31.2 Å². The first-order valence-electron chi connectivity index (χ1n) is 14.4. The van der Waals surface area contributed by atoms with E-state index in [9.17, 15) is 31.1 Å². The number of nitrogens with two attached hydrogens (primary N) is 2. The molecule has 0 amide bonds. The van der Waals surface area contributed by atoms with Gasteiger partial charge in [0.15, 0.2) is 5.70 Å². The van der Waals surface area contributed by atoms with Crippen LogP contribution in [0.2, 0.25) is 0 Å². The van der Waals surface area contributed by atoms with Crippen molar-refractivity contribution in [2.75, 3.05) is 6.61 Å². The van der Waals surface area contributed by atoms with Crippen LogP contribution >= 0.6 is 0 Å². The second-order valence-corrected chi connectivity index (χ2v) is 10.3. The number of halogens is 6. The summed E-state index contributed by atoms with van der Waals surface area (Å²) in [4.78, 5) is 12.3. The molecular weight excluding hydrogens is 644 g/mol. The molecule has 0 atom stereocenters. The first kappa shape index (κ1) is 35.5. The largest absolute Gasteiger partial charge is 0.573 e. The normalized spacial score (nSPS) is 12.3. The van der Waals surface area contributed by atoms with Gasteiger partial charge in [0.25, 0.3) is 0 Å². The number of hydrogen-bond donors (Lipinski definition) is 3. The fourth-order valence-corrected chi connectivity index (χ4v) is 4.72. The molecule has 0 aliphatic heterocycles. The quantitative estimate of drug-likeness (QED) is 0.0342. The van der Waals surface area contributed by atoms with Crippen LogP contribution < -0.4 is 26.5 Å². The second-order valence-electron chi connectivity index (χ2n) is 10.3. The van der Waals surface area contributed by atoms with Crippen LogP contribution in [0.5, 0.6) is 11.5 Å². The third kappa shape index (κ3) is 10.6. The maximum absolute atomic E-state index is 12.5. The van der Waals surface area contributed by atoms with Crippen molar-refractivity contribution in [1.82, 2.24) is 5.43 Å². The fourth-order valence-electron chi connectivity index (χ4n) is 4.72. The Morgan fingerprint density at radius 3 is 1.33 bits per heavy atom. The lowest BCUT2D eigenvalue weighted by molar-refractivity contribution is -0.275. The zero-order valence-electron chi connectivity index (χ0n) is 25.4. The molecule has 0 saturated heterocycles. The number of hydrogen-bond acceptors (Lipinski definition) is 8. The summed E-state index contributed by atoms with van der Waals surface area (Å²) >= 11 is 0. The number of nitrogens with one attached hydrogen (secondary N) is 1. The number of ether oxygens (including phenoxy) is 4. The summed E-state index contributed by atoms with van der Waals surface area (Å²) in [5.41, 5.74) is 12.6. The molecule has 0 aliphatic rings. The Bertz CT molecular complexity index is 1570. The highest BCUT2D eigenvalue weighted by Crippen LogP contribution is 2.29. The molecule has 0 radical (unpaired) electrons. The van der Waals surface area contributed by atoms with Crippen molar-refractivity contribution in [3.63, 3.8) is 0 Å². The SMILES string of the molecule is CCOC(=O)/C(NN)=C(/N)OC(Cc1ccc(-c2ccc(OC(F)(F)F)cc2)cc1)Cc1ccc(-c2ccc(OC(F)(F)F)cc2)cc1. The zero-order chi connectivity index (χ0) is 34.9. The Morgan fingerprint density at radius 1 is 0.667 bits per heavy atom. The van der Waals surface area contributed by atoms with Crippen LogP contribution in [-0.2, 0) is 27.1 Å². The number of carbonyl (C=O) groups excluding carboxylic acids is 1. The Labute approximate surface area is 271 Å². The van der Waals surface area contributed by atoms with Crippen LogP contribution in [0.4, 0.5) is 26.3 Å². The number of esters is 1. The standard InChI is InChI=1S/C34H31F6N3O5/c1-2-45-32(44)30(43-42)31(41)46-29(19-21-3-7-23(8-4-21)25-11-15-27(16-12-25)47-33(35,36)37)20-22-5-9-24(10-6-22)26-13-17-28(18-14-26)48-34(38,39)40/h3-18,29,43H,2,19-20,41-42H2,1H3/b31-30+. The minimum atomic E-state index is -4.79. The molecule has 0 fully saturated rings. The van der Waals surface area contributed by atoms with Gasteiger partial charge in [-0.05, 0) is 64.6 Å². The van der Waals surface area contributed by atoms with Crippen LogP contribution in [-0.4, -0.2) is 31.4 Å². The van der Waals surface area contributed by atoms with Gasteiger partial charge in [0.2, 0.25) is 5.88 Å². The molecule has 48 heavy (non-hydrogen) atoms. The van der Waals surface area contributed by atoms with Crippen molar-refractivity contribution in [3.8, 4) is 33.8 Å². The average molecular weight is 676 g/mol. The number of benzene rings is 4. The molecule has 4 aromatic rings. The molecule has 0 spiro atoms. The molecule has 4 aromatic carbocycles. The highest BCUT2D eigenvalue weighted by Gasteiger charge is 2.31. The van der Waals surface area contributed by atoms with Crippen LogP contribution in [0.3, 0.4) is 0 Å². The molecule has 5 N–H and O–H groups in total. The van der Waals surface area contributed by atoms with Crippen molar-refractivity contribution in [2.24, 2.45) is 11.6 Å². The first-order valence-corrected chi connectivity index (χ1v) is 14.4. The average Bonchev–Trinajstić information content (AvgIpc) is 3.02. The van der Waals surface area contributed by atoms with E-state index in [-0.39, 0.29) is 29.7 Å². The lowest BCUT2D eigenvalue weighted by Gasteiger charge is -2.21. The van der Waals surface area contributed by atoms with Gasteiger partial charge in [0.05, 0.1) is 6.61 Å². The molecule has 0 aliphatic carbocycles. The minimum Gasteiger partial charge on any atom is -0.474 e. The number of alkyl halides is 6. The van der Waals surface area contributed by atoms with E-state index >= 15 is 0 Å². The highest BCUT2D eigenvalue weighted by molar-refractivity contribution is 5.88. The van der Waals surface area contributed by atoms with Crippen molar-refractivity contribution >= 4 is 5.97 Å². The zero-order valence-corrected chi connectivity index (χ0v) is 25.4. The Morgan fingerprint density at radius 2 is 1.02 bits per heavy atom. The lowest BCUT2D eigenvalue weighted by atomic mass is 9.97. The van der Waals surface area contributed by atoms with Gasteiger partial charge >= 0.3 is 18.7 Å². The molecule has 0 heterocycles. The smallest absolute Gasteiger partial charge is 0.474 e. The molecule has 0 unspecified atom stereocenters. The topological polar surface area (TPSA) is 118 Å². The van der Waals surface area contributed by atoms with E-state index in [0.717, 1.165) is 22.3 Å². The Balaban J connectivity index is 1.52. The molecule has 254 valence electrons. The summed E-state index contributed by atoms with van der Waals surface area (Å²) < 4.78 is 93.9. The van der Waals surface area contributed by atoms with Gasteiger partial charge in [0.1, 0.15) is 17.6 Å². The van der Waals surface area contributed by atoms with Crippen molar-refractivity contribution in [1.29, 1.82) is 0 Å². The maximum Gasteiger partial charge on any atom is 0.573 e. The summed E-state index contributed by atoms with van der Waals surface area (Å²) in [6.45, 7) is 1.70. The number of carbonyl (C=O) groups is 1. The molecule has 0 saturated carbocycles. The molecular formula is C34H31F6N3O5. The molecule has 0 bridgehead atoms. The maximum atomic E-state index is 12.5. The van der Waals surface area contributed by atoms with Gasteiger partial charge in [-0.15, -0.1) is 26.3 Å². The van der Waals surface area contributed by atoms with Gasteiger partial charge in [-0.25, -0.2) is 4.79 Å². The highest BCUT2D eigenvalue weighted by atomic mass is 19.4. The third-order valence-electron chi connectivity index (χ3n) is 6.84. The number of rotatable bonds is 13. The summed E-state index contributed by atoms with van der Waals surface area (Å²) in [6.07, 6.45) is -9.55. The van der Waals surface area contributed by atoms with Gasteiger partial charge < -0.3 is 30.1 Å². The van der Waals surface area contributed by atoms with Gasteiger partial charge in [-0.2, -0.15) is 0 Å². The van der Waals surface area contributed by atoms with E-state index in [2.05, 4.69) is 14.9 Å². The monoisotopic (exact) mass is 675 g/mol. The van der Waals surface area contributed by atoms with E-state index < -0.39 is 24.8 Å². The molecule has 14 heteroatoms. The summed E-state index contributed by atoms with van der Waals surface area (Å²) in [6, 6.07) is 25.5. The number of hydrazine groups is 1. The summed E-state index contributed by atoms with van der Waals surface area (Å²) in [7, 11) is 0. The molecule has 8 nitrogen and oxygen atoms in total. The molecule has 4 rings (SSSR count). The van der Waals surface area contributed by atoms with Crippen LogP contribution in [0, 0.1) is 0 Å². The fraction of sp³-hybridized carbons (Fsp3) is 0.206. The Kier molecular flexibility index (Phi) is 11.4. The minimum absolute atomic E-state index is 0.0789. The van der Waals surface area contributed by atoms with E-state index in [0.29, 0.717) is 24.0 Å². The van der Waals surface area contributed by atoms with Crippen molar-refractivity contribution in [3.05, 3.63) is 120 Å². The van der Waals surface area contributed by atoms with Crippen molar-refractivity contribution in [2.45, 2.75) is 38.6 Å². The van der Waals surface area contributed by atoms with Gasteiger partial charge in [-0.1, -0.05) is 72.8 Å². The first-order chi connectivity index (χ1) is 22.7. The second kappa shape index (κ2) is 15.5. The van der Waals surface area contributed by atoms with E-state index in [1.165, 1.54) is 48.5 Å². The predicted octanol–water partition coefficient (Wildman–Crippen LogP) is 7.14. The van der Waals surface area contributed by atoms with Crippen LogP contribution in [0.15, 0.2) is 109 Å². The van der Waals surface area contributed by atoms with Crippen LogP contribution in [0.25, 0.3) is 22.3 Å². The third-order valence-corrected chi connectivity index (χ3v) is 6.84. The summed E-state index contributed by atoms with van der Waals surface area (Å²) in [5, 5.41) is 0. The summed E-state index contributed by atoms with van der Waals surface area (Å²) in [5.74, 6) is 3.77. The van der Waals surface area contributed by atoms with E-state index in [4.69, 9.17) is 21.1 Å². The molecule has 0 aromatic heterocycles. The van der Waals surface area contributed by atoms with Gasteiger partial charge in [-0.3, -0.25) is 5.84 Å². The van der Waals surface area contributed by atoms with E-state index in [1.807, 2.05) is 24.3 Å². The van der Waals surface area contributed by atoms with Crippen molar-refractivity contribution < 1.29 is 50.1 Å². The van der Waals surface area contributed by atoms with Gasteiger partial charge in [0, 0.05) is 12.8 Å². The predicted molar refractivity (Wildman–Crippen MR) is 165 cm³/mol. The van der Waals surface area contributed by atoms with Crippen LogP contribution in [0.1, 0.15) is 18.1 Å².